The Kier molecular flexibility index (Phi) is 7.08. The van der Waals surface area contributed by atoms with Crippen molar-refractivity contribution < 1.29 is 19.1 Å². The van der Waals surface area contributed by atoms with Crippen LogP contribution in [0.25, 0.3) is 0 Å². The summed E-state index contributed by atoms with van der Waals surface area (Å²) in [5.41, 5.74) is 1.99. The van der Waals surface area contributed by atoms with Gasteiger partial charge in [-0.2, -0.15) is 0 Å². The second-order valence-corrected chi connectivity index (χ2v) is 6.96. The monoisotopic (exact) mass is 397 g/mol. The number of hydrogen-bond donors (Lipinski definition) is 2. The van der Waals surface area contributed by atoms with Gasteiger partial charge in [-0.3, -0.25) is 14.5 Å². The van der Waals surface area contributed by atoms with Crippen LogP contribution in [0.1, 0.15) is 17.5 Å². The quantitative estimate of drug-likeness (QED) is 0.709. The molecule has 1 aliphatic heterocycles. The molecule has 1 fully saturated rings. The second kappa shape index (κ2) is 9.93. The van der Waals surface area contributed by atoms with Gasteiger partial charge in [-0.15, -0.1) is 0 Å². The molecule has 154 valence electrons. The van der Waals surface area contributed by atoms with Crippen molar-refractivity contribution in [1.29, 1.82) is 0 Å². The summed E-state index contributed by atoms with van der Waals surface area (Å²) < 4.78 is 10.5. The molecule has 7 heteroatoms. The Hall–Kier alpha value is -3.06. The first-order valence-electron chi connectivity index (χ1n) is 9.63. The van der Waals surface area contributed by atoms with E-state index in [4.69, 9.17) is 9.47 Å². The Balaban J connectivity index is 1.61. The van der Waals surface area contributed by atoms with Crippen LogP contribution in [0.4, 0.5) is 0 Å². The van der Waals surface area contributed by atoms with Crippen LogP contribution in [0, 0.1) is 0 Å². The summed E-state index contributed by atoms with van der Waals surface area (Å²) in [6.07, 6.45) is 0.111. The number of benzene rings is 2. The van der Waals surface area contributed by atoms with Gasteiger partial charge in [0.05, 0.1) is 26.7 Å². The van der Waals surface area contributed by atoms with E-state index in [-0.39, 0.29) is 18.2 Å². The van der Waals surface area contributed by atoms with Crippen LogP contribution in [-0.4, -0.2) is 50.1 Å². The van der Waals surface area contributed by atoms with Gasteiger partial charge in [0, 0.05) is 32.2 Å². The molecular weight excluding hydrogens is 370 g/mol. The fraction of sp³-hybridized carbons (Fsp3) is 0.364. The number of methoxy groups -OCH3 is 2. The van der Waals surface area contributed by atoms with Gasteiger partial charge in [0.15, 0.2) is 0 Å². The minimum atomic E-state index is -0.483. The summed E-state index contributed by atoms with van der Waals surface area (Å²) in [6.45, 7) is 2.28. The van der Waals surface area contributed by atoms with Crippen molar-refractivity contribution in [3.8, 4) is 11.5 Å². The SMILES string of the molecule is COc1cc(CNC(=O)C[C@@H]2C(=O)NCCN2Cc2ccccc2)cc(OC)c1. The summed E-state index contributed by atoms with van der Waals surface area (Å²) in [5.74, 6) is 1.04. The Labute approximate surface area is 171 Å². The van der Waals surface area contributed by atoms with E-state index in [1.165, 1.54) is 0 Å². The molecule has 7 nitrogen and oxygen atoms in total. The van der Waals surface area contributed by atoms with E-state index in [9.17, 15) is 9.59 Å². The van der Waals surface area contributed by atoms with Gasteiger partial charge in [-0.05, 0) is 23.3 Å². The topological polar surface area (TPSA) is 79.9 Å². The molecule has 2 aromatic rings. The van der Waals surface area contributed by atoms with Crippen molar-refractivity contribution in [2.24, 2.45) is 0 Å². The normalized spacial score (nSPS) is 16.8. The lowest BCUT2D eigenvalue weighted by Crippen LogP contribution is -2.56. The van der Waals surface area contributed by atoms with Crippen molar-refractivity contribution in [2.75, 3.05) is 27.3 Å². The summed E-state index contributed by atoms with van der Waals surface area (Å²) in [7, 11) is 3.17. The molecule has 0 spiro atoms. The first kappa shape index (κ1) is 20.7. The zero-order chi connectivity index (χ0) is 20.6. The number of hydrogen-bond acceptors (Lipinski definition) is 5. The van der Waals surface area contributed by atoms with Gasteiger partial charge >= 0.3 is 0 Å². The summed E-state index contributed by atoms with van der Waals surface area (Å²) >= 11 is 0. The molecule has 3 rings (SSSR count). The third-order valence-corrected chi connectivity index (χ3v) is 4.95. The maximum Gasteiger partial charge on any atom is 0.237 e. The van der Waals surface area contributed by atoms with Crippen LogP contribution in [0.15, 0.2) is 48.5 Å². The zero-order valence-corrected chi connectivity index (χ0v) is 16.8. The highest BCUT2D eigenvalue weighted by Gasteiger charge is 2.31. The summed E-state index contributed by atoms with van der Waals surface area (Å²) in [4.78, 5) is 27.0. The van der Waals surface area contributed by atoms with E-state index >= 15 is 0 Å². The second-order valence-electron chi connectivity index (χ2n) is 6.96. The van der Waals surface area contributed by atoms with Crippen molar-refractivity contribution in [3.05, 3.63) is 59.7 Å². The van der Waals surface area contributed by atoms with Crippen molar-refractivity contribution in [2.45, 2.75) is 25.6 Å². The number of piperazine rings is 1. The molecule has 0 aromatic heterocycles. The number of carbonyl (C=O) groups is 2. The van der Waals surface area contributed by atoms with E-state index in [2.05, 4.69) is 15.5 Å². The third kappa shape index (κ3) is 5.71. The molecule has 0 aliphatic carbocycles. The Morgan fingerprint density at radius 3 is 2.45 bits per heavy atom. The molecular formula is C22H27N3O4. The molecule has 1 heterocycles. The van der Waals surface area contributed by atoms with Crippen LogP contribution in [0.3, 0.4) is 0 Å². The molecule has 2 aromatic carbocycles. The molecule has 29 heavy (non-hydrogen) atoms. The Bertz CT molecular complexity index is 819. The number of nitrogens with zero attached hydrogens (tertiary/aromatic N) is 1. The maximum absolute atomic E-state index is 12.6. The lowest BCUT2D eigenvalue weighted by Gasteiger charge is -2.34. The average Bonchev–Trinajstić information content (AvgIpc) is 2.75. The third-order valence-electron chi connectivity index (χ3n) is 4.95. The van der Waals surface area contributed by atoms with Crippen LogP contribution >= 0.6 is 0 Å². The zero-order valence-electron chi connectivity index (χ0n) is 16.8. The highest BCUT2D eigenvalue weighted by Crippen LogP contribution is 2.22. The van der Waals surface area contributed by atoms with Gasteiger partial charge in [0.2, 0.25) is 11.8 Å². The molecule has 0 bridgehead atoms. The van der Waals surface area contributed by atoms with Crippen LogP contribution in [0.5, 0.6) is 11.5 Å². The van der Waals surface area contributed by atoms with Crippen molar-refractivity contribution >= 4 is 11.8 Å². The molecule has 0 unspecified atom stereocenters. The largest absolute Gasteiger partial charge is 0.497 e. The number of ether oxygens (including phenoxy) is 2. The van der Waals surface area contributed by atoms with Crippen molar-refractivity contribution in [3.63, 3.8) is 0 Å². The fourth-order valence-corrected chi connectivity index (χ4v) is 3.41. The van der Waals surface area contributed by atoms with E-state index < -0.39 is 6.04 Å². The molecule has 2 amide bonds. The number of nitrogens with one attached hydrogen (secondary N) is 2. The molecule has 1 saturated heterocycles. The number of carbonyl (C=O) groups excluding carboxylic acids is 2. The smallest absolute Gasteiger partial charge is 0.237 e. The predicted molar refractivity (Wildman–Crippen MR) is 110 cm³/mol. The first-order chi connectivity index (χ1) is 14.1. The van der Waals surface area contributed by atoms with Crippen LogP contribution < -0.4 is 20.1 Å². The fourth-order valence-electron chi connectivity index (χ4n) is 3.41. The van der Waals surface area contributed by atoms with E-state index in [1.807, 2.05) is 42.5 Å². The minimum absolute atomic E-state index is 0.106. The van der Waals surface area contributed by atoms with Crippen LogP contribution in [0.2, 0.25) is 0 Å². The van der Waals surface area contributed by atoms with E-state index in [1.54, 1.807) is 20.3 Å². The van der Waals surface area contributed by atoms with Gasteiger partial charge in [0.1, 0.15) is 11.5 Å². The highest BCUT2D eigenvalue weighted by atomic mass is 16.5. The standard InChI is InChI=1S/C22H27N3O4/c1-28-18-10-17(11-19(12-18)29-2)14-24-21(26)13-20-22(27)23-8-9-25(20)15-16-6-4-3-5-7-16/h3-7,10-12,20H,8-9,13-15H2,1-2H3,(H,23,27)(H,24,26)/t20-/m1/s1. The van der Waals surface area contributed by atoms with E-state index in [0.717, 1.165) is 11.1 Å². The Morgan fingerprint density at radius 1 is 1.10 bits per heavy atom. The van der Waals surface area contributed by atoms with Gasteiger partial charge in [-0.1, -0.05) is 30.3 Å². The number of rotatable bonds is 8. The first-order valence-corrected chi connectivity index (χ1v) is 9.63. The highest BCUT2D eigenvalue weighted by molar-refractivity contribution is 5.88. The summed E-state index contributed by atoms with van der Waals surface area (Å²) in [5, 5.41) is 5.76. The lowest BCUT2D eigenvalue weighted by atomic mass is 10.1. The molecule has 0 saturated carbocycles. The lowest BCUT2D eigenvalue weighted by molar-refractivity contribution is -0.134. The van der Waals surface area contributed by atoms with Gasteiger partial charge in [-0.25, -0.2) is 0 Å². The molecule has 0 radical (unpaired) electrons. The summed E-state index contributed by atoms with van der Waals surface area (Å²) in [6, 6.07) is 15.0. The average molecular weight is 397 g/mol. The minimum Gasteiger partial charge on any atom is -0.497 e. The van der Waals surface area contributed by atoms with Gasteiger partial charge < -0.3 is 20.1 Å². The number of amides is 2. The molecule has 2 N–H and O–H groups in total. The van der Waals surface area contributed by atoms with E-state index in [0.29, 0.717) is 37.7 Å². The Morgan fingerprint density at radius 2 is 1.79 bits per heavy atom. The molecule has 1 atom stereocenters. The van der Waals surface area contributed by atoms with Gasteiger partial charge in [0.25, 0.3) is 0 Å². The molecule has 1 aliphatic rings. The maximum atomic E-state index is 12.6. The van der Waals surface area contributed by atoms with Crippen molar-refractivity contribution in [1.82, 2.24) is 15.5 Å². The van der Waals surface area contributed by atoms with Crippen LogP contribution in [-0.2, 0) is 22.7 Å². The predicted octanol–water partition coefficient (Wildman–Crippen LogP) is 1.71.